The van der Waals surface area contributed by atoms with Crippen molar-refractivity contribution < 1.29 is 14.0 Å². The van der Waals surface area contributed by atoms with Crippen molar-refractivity contribution >= 4 is 40.2 Å². The Morgan fingerprint density at radius 3 is 2.51 bits per heavy atom. The molecule has 2 N–H and O–H groups in total. The number of nitrogens with one attached hydrogen (secondary N) is 2. The van der Waals surface area contributed by atoms with Gasteiger partial charge in [-0.1, -0.05) is 30.8 Å². The Morgan fingerprint density at radius 1 is 0.974 bits per heavy atom. The Labute approximate surface area is 224 Å². The highest BCUT2D eigenvalue weighted by molar-refractivity contribution is 6.07. The van der Waals surface area contributed by atoms with Gasteiger partial charge in [0.25, 0.3) is 5.91 Å². The van der Waals surface area contributed by atoms with Crippen molar-refractivity contribution in [3.05, 3.63) is 79.4 Å². The summed E-state index contributed by atoms with van der Waals surface area (Å²) in [5.41, 5.74) is 3.16. The Morgan fingerprint density at radius 2 is 1.82 bits per heavy atom. The second kappa shape index (κ2) is 11.7. The van der Waals surface area contributed by atoms with Crippen LogP contribution in [0.3, 0.4) is 0 Å². The second-order valence-corrected chi connectivity index (χ2v) is 8.94. The van der Waals surface area contributed by atoms with E-state index in [9.17, 15) is 14.0 Å². The Kier molecular flexibility index (Phi) is 7.78. The van der Waals surface area contributed by atoms with Crippen LogP contribution in [0.2, 0.25) is 0 Å². The van der Waals surface area contributed by atoms with Crippen LogP contribution in [0.5, 0.6) is 0 Å². The van der Waals surface area contributed by atoms with Crippen LogP contribution in [-0.2, 0) is 4.79 Å². The summed E-state index contributed by atoms with van der Waals surface area (Å²) < 4.78 is 12.6. The number of piperazine rings is 1. The maximum absolute atomic E-state index is 12.6. The van der Waals surface area contributed by atoms with Gasteiger partial charge >= 0.3 is 0 Å². The molecule has 1 aliphatic heterocycles. The number of anilines is 3. The largest absolute Gasteiger partial charge is 0.354 e. The molecule has 0 radical (unpaired) electrons. The number of fused-ring (bicyclic) bond motifs is 1. The van der Waals surface area contributed by atoms with Crippen LogP contribution in [0.15, 0.2) is 73.7 Å². The number of hydrogen-bond donors (Lipinski definition) is 2. The number of carbonyl (C=O) groups is 2. The Balaban J connectivity index is 1.31. The molecule has 10 nitrogen and oxygen atoms in total. The zero-order chi connectivity index (χ0) is 27.2. The summed E-state index contributed by atoms with van der Waals surface area (Å²) in [4.78, 5) is 45.8. The number of hydrogen-bond acceptors (Lipinski definition) is 9. The highest BCUT2D eigenvalue weighted by atomic mass is 19.1. The first-order chi connectivity index (χ1) is 19.0. The smallest absolute Gasteiger partial charge is 0.276 e. The lowest BCUT2D eigenvalue weighted by Gasteiger charge is -2.34. The zero-order valence-electron chi connectivity index (χ0n) is 21.2. The predicted molar refractivity (Wildman–Crippen MR) is 148 cm³/mol. The van der Waals surface area contributed by atoms with Gasteiger partial charge in [-0.15, -0.1) is 0 Å². The van der Waals surface area contributed by atoms with Crippen LogP contribution in [0.25, 0.3) is 22.0 Å². The molecule has 1 fully saturated rings. The molecule has 0 aliphatic carbocycles. The first kappa shape index (κ1) is 25.9. The lowest BCUT2D eigenvalue weighted by Crippen LogP contribution is -2.47. The van der Waals surface area contributed by atoms with Gasteiger partial charge in [0.2, 0.25) is 11.9 Å². The molecule has 0 spiro atoms. The van der Waals surface area contributed by atoms with E-state index in [1.54, 1.807) is 30.7 Å². The van der Waals surface area contributed by atoms with Crippen LogP contribution in [-0.4, -0.2) is 76.0 Å². The van der Waals surface area contributed by atoms with Gasteiger partial charge in [-0.3, -0.25) is 24.8 Å². The minimum absolute atomic E-state index is 0.115. The summed E-state index contributed by atoms with van der Waals surface area (Å²) >= 11 is 0. The van der Waals surface area contributed by atoms with E-state index >= 15 is 0 Å². The van der Waals surface area contributed by atoms with E-state index in [1.165, 1.54) is 0 Å². The quantitative estimate of drug-likeness (QED) is 0.333. The highest BCUT2D eigenvalue weighted by Gasteiger charge is 2.18. The summed E-state index contributed by atoms with van der Waals surface area (Å²) in [7, 11) is 0. The average Bonchev–Trinajstić information content (AvgIpc) is 2.98. The molecule has 4 aromatic rings. The van der Waals surface area contributed by atoms with Crippen molar-refractivity contribution in [3.63, 3.8) is 0 Å². The van der Waals surface area contributed by atoms with Gasteiger partial charge in [0.15, 0.2) is 0 Å². The van der Waals surface area contributed by atoms with Crippen molar-refractivity contribution in [2.75, 3.05) is 49.6 Å². The Bertz CT molecular complexity index is 1490. The number of pyridine rings is 2. The summed E-state index contributed by atoms with van der Waals surface area (Å²) in [6.07, 6.45) is 6.07. The number of para-hydroxylation sites is 1. The van der Waals surface area contributed by atoms with Crippen LogP contribution in [0, 0.1) is 0 Å². The number of alkyl halides is 1. The number of rotatable bonds is 8. The van der Waals surface area contributed by atoms with Gasteiger partial charge in [0.05, 0.1) is 17.4 Å². The van der Waals surface area contributed by atoms with E-state index in [2.05, 4.69) is 42.0 Å². The van der Waals surface area contributed by atoms with Crippen LogP contribution < -0.4 is 15.5 Å². The van der Waals surface area contributed by atoms with Crippen LogP contribution in [0.4, 0.5) is 21.8 Å². The summed E-state index contributed by atoms with van der Waals surface area (Å²) in [6, 6.07) is 12.9. The number of carbonyl (C=O) groups excluding carboxylic acids is 2. The number of aromatic nitrogens is 4. The predicted octanol–water partition coefficient (Wildman–Crippen LogP) is 3.36. The number of nitrogens with zero attached hydrogens (tertiary/aromatic N) is 6. The molecule has 198 valence electrons. The minimum atomic E-state index is -0.600. The molecule has 1 saturated heterocycles. The van der Waals surface area contributed by atoms with E-state index in [-0.39, 0.29) is 12.4 Å². The van der Waals surface area contributed by atoms with Crippen molar-refractivity contribution in [1.29, 1.82) is 0 Å². The number of benzene rings is 1. The van der Waals surface area contributed by atoms with Gasteiger partial charge < -0.3 is 10.2 Å². The molecule has 4 heterocycles. The lowest BCUT2D eigenvalue weighted by molar-refractivity contribution is -0.115. The standard InChI is InChI=1S/C28H27FN8O2/c1-2-25(38)34-27(39)23-8-6-19(16-30-23)22-5-3-4-20-17-32-28(35-26(20)22)33-21-7-9-24(31-18-21)37-14-12-36(11-10-29)13-15-37/h2-9,16-18H,1,10-15H2,(H,32,33,35)(H,34,38,39). The fourth-order valence-electron chi connectivity index (χ4n) is 4.36. The molecule has 1 aliphatic rings. The second-order valence-electron chi connectivity index (χ2n) is 8.94. The van der Waals surface area contributed by atoms with Crippen molar-refractivity contribution in [3.8, 4) is 11.1 Å². The fourth-order valence-corrected chi connectivity index (χ4v) is 4.36. The van der Waals surface area contributed by atoms with E-state index in [1.807, 2.05) is 30.3 Å². The third kappa shape index (κ3) is 6.04. The number of halogens is 1. The molecule has 3 aromatic heterocycles. The van der Waals surface area contributed by atoms with Gasteiger partial charge in [-0.25, -0.2) is 19.3 Å². The van der Waals surface area contributed by atoms with Crippen LogP contribution in [0.1, 0.15) is 10.5 Å². The van der Waals surface area contributed by atoms with Gasteiger partial charge in [0.1, 0.15) is 18.2 Å². The molecule has 0 saturated carbocycles. The van der Waals surface area contributed by atoms with Gasteiger partial charge in [0, 0.05) is 61.6 Å². The SMILES string of the molecule is C=CC(=O)NC(=O)c1ccc(-c2cccc3cnc(Nc4ccc(N5CCN(CCF)CC5)nc4)nc23)cn1. The highest BCUT2D eigenvalue weighted by Crippen LogP contribution is 2.28. The maximum atomic E-state index is 12.6. The van der Waals surface area contributed by atoms with Crippen molar-refractivity contribution in [2.24, 2.45) is 0 Å². The summed E-state index contributed by atoms with van der Waals surface area (Å²) in [5.74, 6) is 0.100. The van der Waals surface area contributed by atoms with Crippen molar-refractivity contribution in [1.82, 2.24) is 30.2 Å². The molecular weight excluding hydrogens is 499 g/mol. The Hall–Kier alpha value is -4.77. The first-order valence-electron chi connectivity index (χ1n) is 12.5. The van der Waals surface area contributed by atoms with Crippen molar-refractivity contribution in [2.45, 2.75) is 0 Å². The minimum Gasteiger partial charge on any atom is -0.354 e. The number of amides is 2. The lowest BCUT2D eigenvalue weighted by atomic mass is 10.0. The summed E-state index contributed by atoms with van der Waals surface area (Å²) in [6.45, 7) is 6.75. The van der Waals surface area contributed by atoms with Gasteiger partial charge in [-0.2, -0.15) is 0 Å². The molecule has 39 heavy (non-hydrogen) atoms. The fraction of sp³-hybridized carbons (Fsp3) is 0.214. The third-order valence-electron chi connectivity index (χ3n) is 6.44. The molecular formula is C28H27FN8O2. The first-order valence-corrected chi connectivity index (χ1v) is 12.5. The summed E-state index contributed by atoms with van der Waals surface area (Å²) in [5, 5.41) is 6.24. The van der Waals surface area contributed by atoms with E-state index < -0.39 is 11.8 Å². The van der Waals surface area contributed by atoms with Gasteiger partial charge in [-0.05, 0) is 24.3 Å². The number of imide groups is 1. The maximum Gasteiger partial charge on any atom is 0.276 e. The molecule has 5 rings (SSSR count). The molecule has 0 bridgehead atoms. The molecule has 1 aromatic carbocycles. The monoisotopic (exact) mass is 526 g/mol. The molecule has 2 amide bonds. The van der Waals surface area contributed by atoms with E-state index in [0.29, 0.717) is 18.0 Å². The topological polar surface area (TPSA) is 116 Å². The zero-order valence-corrected chi connectivity index (χ0v) is 21.2. The van der Waals surface area contributed by atoms with E-state index in [0.717, 1.165) is 60.3 Å². The molecule has 0 unspecified atom stereocenters. The van der Waals surface area contributed by atoms with Crippen LogP contribution >= 0.6 is 0 Å². The van der Waals surface area contributed by atoms with E-state index in [4.69, 9.17) is 4.98 Å². The normalized spacial score (nSPS) is 13.7. The average molecular weight is 527 g/mol. The molecule has 11 heteroatoms. The third-order valence-corrected chi connectivity index (χ3v) is 6.44. The molecule has 0 atom stereocenters.